The lowest BCUT2D eigenvalue weighted by Gasteiger charge is -2.39. The molecule has 0 saturated carbocycles. The molecule has 10 rings (SSSR count). The monoisotopic (exact) mass is 960 g/mol. The second kappa shape index (κ2) is 18.2. The topological polar surface area (TPSA) is 211 Å². The number of carbonyl (C=O) groups excluding carboxylic acids is 4. The zero-order valence-corrected chi connectivity index (χ0v) is 38.0. The first-order valence-electron chi connectivity index (χ1n) is 22.7. The number of rotatable bonds is 10. The van der Waals surface area contributed by atoms with E-state index in [9.17, 15) is 42.0 Å². The number of piperazine rings is 1. The minimum atomic E-state index is -4.25. The molecule has 21 heteroatoms. The maximum atomic E-state index is 15.2. The summed E-state index contributed by atoms with van der Waals surface area (Å²) in [5.41, 5.74) is 3.01. The number of benzene rings is 4. The summed E-state index contributed by atoms with van der Waals surface area (Å²) in [5.74, 6) is -2.46. The smallest absolute Gasteiger partial charge is 0.301 e. The molecule has 4 amide bonds. The molecule has 0 aliphatic carbocycles. The van der Waals surface area contributed by atoms with E-state index in [1.807, 2.05) is 29.2 Å². The van der Waals surface area contributed by atoms with E-state index < -0.39 is 51.0 Å². The number of halogens is 2. The first-order chi connectivity index (χ1) is 33.2. The van der Waals surface area contributed by atoms with Gasteiger partial charge in [-0.2, -0.15) is 18.0 Å². The van der Waals surface area contributed by atoms with Crippen LogP contribution in [0.4, 0.5) is 25.8 Å². The third-order valence-electron chi connectivity index (χ3n) is 13.6. The van der Waals surface area contributed by atoms with E-state index in [1.54, 1.807) is 29.2 Å². The predicted octanol–water partition coefficient (Wildman–Crippen LogP) is 4.22. The van der Waals surface area contributed by atoms with Crippen molar-refractivity contribution in [2.24, 2.45) is 5.92 Å². The van der Waals surface area contributed by atoms with E-state index in [0.29, 0.717) is 81.8 Å². The van der Waals surface area contributed by atoms with Gasteiger partial charge in [0, 0.05) is 88.2 Å². The first-order valence-corrected chi connectivity index (χ1v) is 24.2. The summed E-state index contributed by atoms with van der Waals surface area (Å²) >= 11 is 0. The Morgan fingerprint density at radius 1 is 0.841 bits per heavy atom. The molecule has 5 aliphatic heterocycles. The van der Waals surface area contributed by atoms with E-state index in [4.69, 9.17) is 4.74 Å². The van der Waals surface area contributed by atoms with Crippen LogP contribution in [-0.4, -0.2) is 120 Å². The van der Waals surface area contributed by atoms with Crippen LogP contribution in [0.3, 0.4) is 0 Å². The summed E-state index contributed by atoms with van der Waals surface area (Å²) in [6.45, 7) is 3.64. The summed E-state index contributed by atoms with van der Waals surface area (Å²) in [6, 6.07) is 20.5. The molecule has 5 aliphatic rings. The SMILES string of the molecule is N#Cc1c(NS(=O)(=O)N2CC[C@@H](F)C2)ccc(F)c1Oc1ccc2ncn(-c3ccc(N4CCN(C(=O)C5CCN(c6ccc7c(c6)CN([C@@H]6CCC(=O)NC6=O)C7=O)CC5)CC4)cc3)c(=O)c2c1. The standard InChI is InChI=1S/C48H46F2N10O8S/c49-31-15-18-58(27-31)69(66,67)54-41-10-8-39(50)44(38(41)25-51)68-35-6-9-40-37(24-35)48(65)60(28-52-40)33-3-1-32(2-4-33)56-19-21-57(22-20-56)46(63)29-13-16-55(17-14-29)34-5-7-36-30(23-34)26-59(47(36)64)42-11-12-43(61)53-45(42)62/h1-10,23-24,28-29,31,42,54H,11-22,26-27H2,(H,53,61,62)/t31-,42-/m1/s1. The number of ether oxygens (including phenoxy) is 1. The van der Waals surface area contributed by atoms with Crippen LogP contribution in [0.1, 0.15) is 53.6 Å². The lowest BCUT2D eigenvalue weighted by Crippen LogP contribution is -2.52. The Bertz CT molecular complexity index is 3130. The number of piperidine rings is 2. The molecule has 4 aromatic carbocycles. The number of alkyl halides is 1. The quantitative estimate of drug-likeness (QED) is 0.189. The van der Waals surface area contributed by atoms with Crippen molar-refractivity contribution in [3.05, 3.63) is 112 Å². The van der Waals surface area contributed by atoms with Gasteiger partial charge in [0.05, 0.1) is 22.3 Å². The lowest BCUT2D eigenvalue weighted by molar-refractivity contribution is -0.137. The molecule has 4 saturated heterocycles. The van der Waals surface area contributed by atoms with Gasteiger partial charge in [0.1, 0.15) is 35.9 Å². The van der Waals surface area contributed by atoms with Crippen molar-refractivity contribution in [3.8, 4) is 23.3 Å². The maximum absolute atomic E-state index is 15.2. The highest BCUT2D eigenvalue weighted by Crippen LogP contribution is 2.36. The molecule has 1 aromatic heterocycles. The fourth-order valence-electron chi connectivity index (χ4n) is 9.84. The number of aromatic nitrogens is 2. The summed E-state index contributed by atoms with van der Waals surface area (Å²) in [6.07, 6.45) is 2.01. The summed E-state index contributed by atoms with van der Waals surface area (Å²) < 4.78 is 65.1. The maximum Gasteiger partial charge on any atom is 0.301 e. The molecule has 69 heavy (non-hydrogen) atoms. The number of anilines is 3. The van der Waals surface area contributed by atoms with Gasteiger partial charge >= 0.3 is 10.2 Å². The van der Waals surface area contributed by atoms with Crippen LogP contribution < -0.4 is 30.1 Å². The zero-order chi connectivity index (χ0) is 48.1. The fourth-order valence-corrected chi connectivity index (χ4v) is 11.1. The highest BCUT2D eigenvalue weighted by molar-refractivity contribution is 7.90. The van der Waals surface area contributed by atoms with Gasteiger partial charge < -0.3 is 24.3 Å². The molecule has 356 valence electrons. The Labute approximate surface area is 394 Å². The lowest BCUT2D eigenvalue weighted by atomic mass is 9.94. The van der Waals surface area contributed by atoms with Crippen molar-refractivity contribution < 1.29 is 41.1 Å². The van der Waals surface area contributed by atoms with Crippen LogP contribution in [0, 0.1) is 23.1 Å². The summed E-state index contributed by atoms with van der Waals surface area (Å²) in [7, 11) is -4.25. The van der Waals surface area contributed by atoms with Crippen LogP contribution in [0.5, 0.6) is 11.5 Å². The minimum Gasteiger partial charge on any atom is -0.453 e. The predicted molar refractivity (Wildman–Crippen MR) is 248 cm³/mol. The van der Waals surface area contributed by atoms with Gasteiger partial charge in [-0.25, -0.2) is 13.8 Å². The highest BCUT2D eigenvalue weighted by Gasteiger charge is 2.40. The first kappa shape index (κ1) is 45.3. The number of nitrogens with one attached hydrogen (secondary N) is 2. The number of nitrogens with zero attached hydrogens (tertiary/aromatic N) is 8. The highest BCUT2D eigenvalue weighted by atomic mass is 32.2. The fraction of sp³-hybridized carbons (Fsp3) is 0.354. The molecule has 4 fully saturated rings. The Hall–Kier alpha value is -7.44. The number of hydrogen-bond donors (Lipinski definition) is 2. The number of hydrogen-bond acceptors (Lipinski definition) is 12. The molecule has 2 N–H and O–H groups in total. The van der Waals surface area contributed by atoms with E-state index in [0.717, 1.165) is 33.4 Å². The van der Waals surface area contributed by atoms with Crippen molar-refractivity contribution >= 4 is 61.8 Å². The molecule has 6 heterocycles. The molecule has 2 atom stereocenters. The number of nitriles is 1. The van der Waals surface area contributed by atoms with E-state index in [-0.39, 0.29) is 66.4 Å². The molecule has 0 unspecified atom stereocenters. The summed E-state index contributed by atoms with van der Waals surface area (Å²) in [4.78, 5) is 77.2. The van der Waals surface area contributed by atoms with Crippen LogP contribution in [0.25, 0.3) is 16.6 Å². The number of carbonyl (C=O) groups is 4. The van der Waals surface area contributed by atoms with E-state index in [1.165, 1.54) is 29.1 Å². The number of amides is 4. The number of imide groups is 1. The summed E-state index contributed by atoms with van der Waals surface area (Å²) in [5, 5.41) is 12.4. The Morgan fingerprint density at radius 3 is 2.28 bits per heavy atom. The van der Waals surface area contributed by atoms with Gasteiger partial charge in [-0.3, -0.25) is 38.6 Å². The molecule has 0 bridgehead atoms. The van der Waals surface area contributed by atoms with E-state index >= 15 is 4.39 Å². The third kappa shape index (κ3) is 8.81. The van der Waals surface area contributed by atoms with Gasteiger partial charge in [0.25, 0.3) is 11.5 Å². The molecule has 5 aromatic rings. The average Bonchev–Trinajstić information content (AvgIpc) is 3.95. The van der Waals surface area contributed by atoms with Gasteiger partial charge in [0.15, 0.2) is 11.6 Å². The van der Waals surface area contributed by atoms with Gasteiger partial charge in [-0.05, 0) is 104 Å². The molecule has 0 radical (unpaired) electrons. The third-order valence-corrected chi connectivity index (χ3v) is 15.1. The number of fused-ring (bicyclic) bond motifs is 2. The molecule has 0 spiro atoms. The van der Waals surface area contributed by atoms with E-state index in [2.05, 4.69) is 24.8 Å². The van der Waals surface area contributed by atoms with Crippen molar-refractivity contribution in [1.29, 1.82) is 5.26 Å². The zero-order valence-electron chi connectivity index (χ0n) is 37.1. The second-order valence-corrected chi connectivity index (χ2v) is 19.5. The van der Waals surface area contributed by atoms with Crippen molar-refractivity contribution in [2.45, 2.75) is 50.9 Å². The second-order valence-electron chi connectivity index (χ2n) is 17.8. The molecular weight excluding hydrogens is 915 g/mol. The minimum absolute atomic E-state index is 0.00906. The van der Waals surface area contributed by atoms with Gasteiger partial charge in [-0.1, -0.05) is 0 Å². The van der Waals surface area contributed by atoms with Crippen LogP contribution in [-0.2, 0) is 31.1 Å². The molecule has 18 nitrogen and oxygen atoms in total. The molecular formula is C48H46F2N10O8S. The normalized spacial score (nSPS) is 20.3. The van der Waals surface area contributed by atoms with Gasteiger partial charge in [-0.15, -0.1) is 0 Å². The van der Waals surface area contributed by atoms with Crippen molar-refractivity contribution in [2.75, 3.05) is 66.9 Å². The Balaban J connectivity index is 0.745. The van der Waals surface area contributed by atoms with Crippen molar-refractivity contribution in [1.82, 2.24) is 29.0 Å². The van der Waals surface area contributed by atoms with Crippen molar-refractivity contribution in [3.63, 3.8) is 0 Å². The Morgan fingerprint density at radius 2 is 1.57 bits per heavy atom. The van der Waals surface area contributed by atoms with Gasteiger partial charge in [0.2, 0.25) is 17.7 Å². The Kier molecular flexibility index (Phi) is 12.0. The largest absolute Gasteiger partial charge is 0.453 e. The van der Waals surface area contributed by atoms with Crippen LogP contribution in [0.15, 0.2) is 83.9 Å². The van der Waals surface area contributed by atoms with Crippen LogP contribution in [0.2, 0.25) is 0 Å². The average molecular weight is 961 g/mol. The van der Waals surface area contributed by atoms with Crippen LogP contribution >= 0.6 is 0 Å².